The average molecular weight is 350 g/mol. The van der Waals surface area contributed by atoms with Gasteiger partial charge in [-0.2, -0.15) is 0 Å². The third-order valence-corrected chi connectivity index (χ3v) is 4.96. The highest BCUT2D eigenvalue weighted by Gasteiger charge is 2.15. The number of benzene rings is 1. The zero-order valence-electron chi connectivity index (χ0n) is 10.3. The summed E-state index contributed by atoms with van der Waals surface area (Å²) >= 11 is 3.20. The van der Waals surface area contributed by atoms with Crippen molar-refractivity contribution in [2.24, 2.45) is 0 Å². The van der Waals surface area contributed by atoms with E-state index in [0.717, 1.165) is 0 Å². The Bertz CT molecular complexity index is 530. The number of halogens is 1. The Kier molecular flexibility index (Phi) is 6.47. The number of hydrogen-bond acceptors (Lipinski definition) is 3. The Hall–Kier alpha value is -0.920. The smallest absolute Gasteiger partial charge is 0.303 e. The van der Waals surface area contributed by atoms with Crippen molar-refractivity contribution in [3.05, 3.63) is 28.7 Å². The van der Waals surface area contributed by atoms with Crippen LogP contribution in [0.3, 0.4) is 0 Å². The minimum absolute atomic E-state index is 0.122. The van der Waals surface area contributed by atoms with Crippen LogP contribution in [-0.4, -0.2) is 26.0 Å². The Balaban J connectivity index is 2.40. The molecule has 0 fully saturated rings. The van der Waals surface area contributed by atoms with Gasteiger partial charge in [0.25, 0.3) is 0 Å². The summed E-state index contributed by atoms with van der Waals surface area (Å²) in [6.45, 7) is 0.309. The van der Waals surface area contributed by atoms with Gasteiger partial charge in [0.05, 0.1) is 4.90 Å². The van der Waals surface area contributed by atoms with Crippen LogP contribution in [0.25, 0.3) is 0 Å². The second kappa shape index (κ2) is 7.62. The summed E-state index contributed by atoms with van der Waals surface area (Å²) in [5, 5.41) is 8.46. The first-order valence-corrected chi connectivity index (χ1v) is 8.17. The quantitative estimate of drug-likeness (QED) is 0.705. The number of nitrogens with one attached hydrogen (secondary N) is 1. The average Bonchev–Trinajstić information content (AvgIpc) is 2.33. The molecule has 5 nitrogen and oxygen atoms in total. The van der Waals surface area contributed by atoms with Gasteiger partial charge in [-0.25, -0.2) is 13.1 Å². The maximum Gasteiger partial charge on any atom is 0.303 e. The Morgan fingerprint density at radius 2 is 1.89 bits per heavy atom. The molecule has 1 aromatic rings. The first-order chi connectivity index (χ1) is 8.93. The van der Waals surface area contributed by atoms with Gasteiger partial charge in [-0.3, -0.25) is 4.79 Å². The fourth-order valence-electron chi connectivity index (χ4n) is 1.52. The normalized spacial score (nSPS) is 11.4. The maximum absolute atomic E-state index is 12.0. The van der Waals surface area contributed by atoms with Crippen molar-refractivity contribution in [2.75, 3.05) is 6.54 Å². The number of rotatable bonds is 8. The standard InChI is InChI=1S/C12H16BrNO4S/c13-10-6-3-4-7-11(10)19(17,18)14-9-5-1-2-8-12(15)16/h3-4,6-7,14H,1-2,5,8-9H2,(H,15,16). The first-order valence-electron chi connectivity index (χ1n) is 5.89. The number of carboxylic acids is 1. The lowest BCUT2D eigenvalue weighted by Gasteiger charge is -2.08. The molecule has 0 aromatic heterocycles. The second-order valence-electron chi connectivity index (χ2n) is 4.03. The molecule has 0 aliphatic heterocycles. The van der Waals surface area contributed by atoms with Crippen molar-refractivity contribution in [2.45, 2.75) is 30.6 Å². The van der Waals surface area contributed by atoms with E-state index in [1.165, 1.54) is 6.07 Å². The Morgan fingerprint density at radius 1 is 1.21 bits per heavy atom. The molecule has 0 aliphatic carbocycles. The molecule has 1 rings (SSSR count). The van der Waals surface area contributed by atoms with E-state index in [1.807, 2.05) is 0 Å². The van der Waals surface area contributed by atoms with Crippen LogP contribution < -0.4 is 4.72 Å². The molecule has 0 bridgehead atoms. The summed E-state index contributed by atoms with van der Waals surface area (Å²) in [4.78, 5) is 10.5. The number of carbonyl (C=O) groups is 1. The van der Waals surface area contributed by atoms with Gasteiger partial charge in [-0.15, -0.1) is 0 Å². The van der Waals surface area contributed by atoms with Crippen LogP contribution in [0, 0.1) is 0 Å². The molecule has 0 atom stereocenters. The fourth-order valence-corrected chi connectivity index (χ4v) is 3.60. The topological polar surface area (TPSA) is 83.5 Å². The van der Waals surface area contributed by atoms with Crippen LogP contribution in [0.15, 0.2) is 33.6 Å². The van der Waals surface area contributed by atoms with Crippen LogP contribution >= 0.6 is 15.9 Å². The molecule has 0 unspecified atom stereocenters. The maximum atomic E-state index is 12.0. The van der Waals surface area contributed by atoms with Crippen LogP contribution in [0.2, 0.25) is 0 Å². The molecule has 0 saturated heterocycles. The zero-order valence-corrected chi connectivity index (χ0v) is 12.7. The molecule has 0 heterocycles. The number of sulfonamides is 1. The first kappa shape index (κ1) is 16.1. The van der Waals surface area contributed by atoms with Gasteiger partial charge in [0.1, 0.15) is 0 Å². The minimum Gasteiger partial charge on any atom is -0.481 e. The van der Waals surface area contributed by atoms with Crippen LogP contribution in [0.5, 0.6) is 0 Å². The number of carboxylic acid groups (broad SMARTS) is 1. The molecule has 1 aromatic carbocycles. The largest absolute Gasteiger partial charge is 0.481 e. The number of hydrogen-bond donors (Lipinski definition) is 2. The van der Waals surface area contributed by atoms with Crippen molar-refractivity contribution < 1.29 is 18.3 Å². The van der Waals surface area contributed by atoms with E-state index in [2.05, 4.69) is 20.7 Å². The summed E-state index contributed by atoms with van der Waals surface area (Å²) in [6, 6.07) is 6.60. The van der Waals surface area contributed by atoms with Gasteiger partial charge < -0.3 is 5.11 Å². The van der Waals surface area contributed by atoms with Crippen LogP contribution in [0.1, 0.15) is 25.7 Å². The highest BCUT2D eigenvalue weighted by molar-refractivity contribution is 9.10. The summed E-state index contributed by atoms with van der Waals surface area (Å²) < 4.78 is 26.9. The molecular weight excluding hydrogens is 334 g/mol. The Labute approximate surface area is 121 Å². The van der Waals surface area contributed by atoms with E-state index in [9.17, 15) is 13.2 Å². The molecule has 2 N–H and O–H groups in total. The molecule has 0 amide bonds. The highest BCUT2D eigenvalue weighted by Crippen LogP contribution is 2.20. The van der Waals surface area contributed by atoms with Crippen molar-refractivity contribution >= 4 is 31.9 Å². The monoisotopic (exact) mass is 349 g/mol. The van der Waals surface area contributed by atoms with E-state index in [4.69, 9.17) is 5.11 Å². The summed E-state index contributed by atoms with van der Waals surface area (Å²) in [6.07, 6.45) is 1.99. The van der Waals surface area contributed by atoms with Gasteiger partial charge in [0, 0.05) is 17.4 Å². The van der Waals surface area contributed by atoms with Crippen molar-refractivity contribution in [1.29, 1.82) is 0 Å². The van der Waals surface area contributed by atoms with E-state index in [0.29, 0.717) is 30.3 Å². The third-order valence-electron chi connectivity index (χ3n) is 2.49. The Morgan fingerprint density at radius 3 is 2.53 bits per heavy atom. The SMILES string of the molecule is O=C(O)CCCCCNS(=O)(=O)c1ccccc1Br. The van der Waals surface area contributed by atoms with Gasteiger partial charge in [-0.1, -0.05) is 18.6 Å². The zero-order chi connectivity index (χ0) is 14.3. The van der Waals surface area contributed by atoms with Gasteiger partial charge in [0.15, 0.2) is 0 Å². The van der Waals surface area contributed by atoms with Gasteiger partial charge in [0.2, 0.25) is 10.0 Å². The van der Waals surface area contributed by atoms with Gasteiger partial charge >= 0.3 is 5.97 Å². The van der Waals surface area contributed by atoms with E-state index in [-0.39, 0.29) is 11.3 Å². The fraction of sp³-hybridized carbons (Fsp3) is 0.417. The van der Waals surface area contributed by atoms with E-state index >= 15 is 0 Å². The molecule has 0 radical (unpaired) electrons. The number of aliphatic carboxylic acids is 1. The van der Waals surface area contributed by atoms with Crippen molar-refractivity contribution in [3.8, 4) is 0 Å². The number of unbranched alkanes of at least 4 members (excludes halogenated alkanes) is 2. The van der Waals surface area contributed by atoms with Crippen molar-refractivity contribution in [3.63, 3.8) is 0 Å². The molecule has 0 saturated carbocycles. The van der Waals surface area contributed by atoms with Gasteiger partial charge in [-0.05, 0) is 40.9 Å². The summed E-state index contributed by atoms with van der Waals surface area (Å²) in [5.41, 5.74) is 0. The lowest BCUT2D eigenvalue weighted by molar-refractivity contribution is -0.137. The summed E-state index contributed by atoms with van der Waals surface area (Å²) in [5.74, 6) is -0.825. The predicted octanol–water partition coefficient (Wildman–Crippen LogP) is 2.37. The van der Waals surface area contributed by atoms with E-state index in [1.54, 1.807) is 18.2 Å². The second-order valence-corrected chi connectivity index (χ2v) is 6.62. The molecular formula is C12H16BrNO4S. The summed E-state index contributed by atoms with van der Waals surface area (Å²) in [7, 11) is -3.51. The lowest BCUT2D eigenvalue weighted by Crippen LogP contribution is -2.25. The molecule has 19 heavy (non-hydrogen) atoms. The highest BCUT2D eigenvalue weighted by atomic mass is 79.9. The molecule has 106 valence electrons. The predicted molar refractivity (Wildman–Crippen MR) is 75.4 cm³/mol. The molecule has 0 aliphatic rings. The molecule has 0 spiro atoms. The van der Waals surface area contributed by atoms with E-state index < -0.39 is 16.0 Å². The lowest BCUT2D eigenvalue weighted by atomic mass is 10.2. The minimum atomic E-state index is -3.51. The third kappa shape index (κ3) is 5.71. The molecule has 7 heteroatoms. The van der Waals surface area contributed by atoms with Crippen LogP contribution in [-0.2, 0) is 14.8 Å². The van der Waals surface area contributed by atoms with Crippen molar-refractivity contribution in [1.82, 2.24) is 4.72 Å². The van der Waals surface area contributed by atoms with Crippen LogP contribution in [0.4, 0.5) is 0 Å².